The van der Waals surface area contributed by atoms with Gasteiger partial charge in [0.05, 0.1) is 12.4 Å². The van der Waals surface area contributed by atoms with Crippen molar-refractivity contribution in [2.45, 2.75) is 58.3 Å². The van der Waals surface area contributed by atoms with Crippen LogP contribution in [-0.2, 0) is 11.3 Å². The van der Waals surface area contributed by atoms with Gasteiger partial charge in [0.1, 0.15) is 5.65 Å². The van der Waals surface area contributed by atoms with E-state index in [1.54, 1.807) is 11.0 Å². The SMILES string of the molecule is CC(C)Cn1c(=O)c(C(=O)NC2CC2)c(O)n2ncc(/C=C/C(=O)N3CCC[C@@H]3N)c12. The molecule has 1 saturated carbocycles. The minimum absolute atomic E-state index is 0.0413. The molecule has 31 heavy (non-hydrogen) atoms. The van der Waals surface area contributed by atoms with Gasteiger partial charge in [-0.2, -0.15) is 9.61 Å². The number of carbonyl (C=O) groups excluding carboxylic acids is 2. The van der Waals surface area contributed by atoms with E-state index in [9.17, 15) is 19.5 Å². The Kier molecular flexibility index (Phi) is 5.57. The van der Waals surface area contributed by atoms with Gasteiger partial charge in [0.25, 0.3) is 11.5 Å². The number of aromatic nitrogens is 3. The summed E-state index contributed by atoms with van der Waals surface area (Å²) in [5.74, 6) is -1.23. The summed E-state index contributed by atoms with van der Waals surface area (Å²) in [5, 5.41) is 17.6. The lowest BCUT2D eigenvalue weighted by atomic mass is 10.2. The van der Waals surface area contributed by atoms with Gasteiger partial charge in [0.15, 0.2) is 5.56 Å². The molecule has 0 aromatic carbocycles. The Morgan fingerprint density at radius 2 is 2.10 bits per heavy atom. The molecule has 1 aliphatic carbocycles. The number of nitrogens with zero attached hydrogens (tertiary/aromatic N) is 4. The summed E-state index contributed by atoms with van der Waals surface area (Å²) in [6.07, 6.45) is 7.49. The topological polar surface area (TPSA) is 135 Å². The lowest BCUT2D eigenvalue weighted by molar-refractivity contribution is -0.126. The van der Waals surface area contributed by atoms with Crippen LogP contribution in [0.5, 0.6) is 5.88 Å². The van der Waals surface area contributed by atoms with Crippen molar-refractivity contribution >= 4 is 23.5 Å². The Morgan fingerprint density at radius 1 is 1.35 bits per heavy atom. The molecule has 3 heterocycles. The number of carbonyl (C=O) groups is 2. The Labute approximate surface area is 179 Å². The molecule has 1 saturated heterocycles. The fourth-order valence-electron chi connectivity index (χ4n) is 3.87. The standard InChI is InChI=1S/C21H28N6O4/c1-12(2)11-26-19-13(5-8-16(28)25-9-3-4-15(25)22)10-23-27(19)21(31)17(20(26)30)18(29)24-14-6-7-14/h5,8,10,12,14-15,31H,3-4,6-7,9,11,22H2,1-2H3,(H,24,29)/b8-5+/t15-/m1/s1. The Hall–Kier alpha value is -3.14. The summed E-state index contributed by atoms with van der Waals surface area (Å²) in [4.78, 5) is 39.9. The zero-order valence-electron chi connectivity index (χ0n) is 17.7. The number of fused-ring (bicyclic) bond motifs is 1. The maximum Gasteiger partial charge on any atom is 0.270 e. The summed E-state index contributed by atoms with van der Waals surface area (Å²) in [6.45, 7) is 4.83. The molecule has 2 amide bonds. The Morgan fingerprint density at radius 3 is 2.71 bits per heavy atom. The summed E-state index contributed by atoms with van der Waals surface area (Å²) < 4.78 is 2.61. The number of aromatic hydroxyl groups is 1. The highest BCUT2D eigenvalue weighted by molar-refractivity contribution is 5.97. The Balaban J connectivity index is 1.77. The average molecular weight is 428 g/mol. The zero-order valence-corrected chi connectivity index (χ0v) is 17.7. The molecule has 1 atom stereocenters. The van der Waals surface area contributed by atoms with E-state index in [1.807, 2.05) is 13.8 Å². The highest BCUT2D eigenvalue weighted by Crippen LogP contribution is 2.24. The van der Waals surface area contributed by atoms with Crippen molar-refractivity contribution < 1.29 is 14.7 Å². The number of likely N-dealkylation sites (tertiary alicyclic amines) is 1. The van der Waals surface area contributed by atoms with Gasteiger partial charge in [-0.25, -0.2) is 0 Å². The van der Waals surface area contributed by atoms with Crippen molar-refractivity contribution in [2.75, 3.05) is 6.54 Å². The second kappa shape index (κ2) is 8.18. The summed E-state index contributed by atoms with van der Waals surface area (Å²) >= 11 is 0. The van der Waals surface area contributed by atoms with E-state index >= 15 is 0 Å². The molecule has 10 nitrogen and oxygen atoms in total. The Bertz CT molecular complexity index is 1110. The van der Waals surface area contributed by atoms with Crippen molar-refractivity contribution in [3.63, 3.8) is 0 Å². The van der Waals surface area contributed by atoms with E-state index in [0.717, 1.165) is 25.7 Å². The van der Waals surface area contributed by atoms with Gasteiger partial charge in [-0.05, 0) is 37.7 Å². The highest BCUT2D eigenvalue weighted by atomic mass is 16.3. The van der Waals surface area contributed by atoms with Crippen molar-refractivity contribution in [3.05, 3.63) is 33.8 Å². The van der Waals surface area contributed by atoms with Crippen molar-refractivity contribution in [1.82, 2.24) is 24.4 Å². The largest absolute Gasteiger partial charge is 0.492 e. The molecule has 0 unspecified atom stereocenters. The molecule has 2 aromatic heterocycles. The minimum Gasteiger partial charge on any atom is -0.492 e. The highest BCUT2D eigenvalue weighted by Gasteiger charge is 2.30. The first kappa shape index (κ1) is 21.1. The molecule has 2 aliphatic rings. The van der Waals surface area contributed by atoms with Crippen LogP contribution in [0, 0.1) is 5.92 Å². The van der Waals surface area contributed by atoms with Crippen LogP contribution in [0.2, 0.25) is 0 Å². The van der Waals surface area contributed by atoms with Crippen molar-refractivity contribution in [3.8, 4) is 5.88 Å². The molecule has 166 valence electrons. The van der Waals surface area contributed by atoms with Crippen LogP contribution in [0.3, 0.4) is 0 Å². The van der Waals surface area contributed by atoms with E-state index < -0.39 is 17.3 Å². The maximum absolute atomic E-state index is 13.2. The third-order valence-electron chi connectivity index (χ3n) is 5.59. The molecular formula is C21H28N6O4. The van der Waals surface area contributed by atoms with Gasteiger partial charge in [-0.1, -0.05) is 13.8 Å². The smallest absolute Gasteiger partial charge is 0.270 e. The van der Waals surface area contributed by atoms with Gasteiger partial charge in [0, 0.05) is 30.8 Å². The van der Waals surface area contributed by atoms with Crippen LogP contribution in [0.4, 0.5) is 0 Å². The van der Waals surface area contributed by atoms with Crippen LogP contribution >= 0.6 is 0 Å². The summed E-state index contributed by atoms with van der Waals surface area (Å²) in [6, 6.07) is 0.0413. The molecule has 10 heteroatoms. The molecule has 0 bridgehead atoms. The second-order valence-electron chi connectivity index (χ2n) is 8.67. The van der Waals surface area contributed by atoms with Crippen LogP contribution in [-0.4, -0.2) is 54.8 Å². The van der Waals surface area contributed by atoms with Gasteiger partial charge >= 0.3 is 0 Å². The minimum atomic E-state index is -0.602. The van der Waals surface area contributed by atoms with Crippen LogP contribution < -0.4 is 16.6 Å². The average Bonchev–Trinajstić information content (AvgIpc) is 3.24. The first-order valence-electron chi connectivity index (χ1n) is 10.7. The predicted octanol–water partition coefficient (Wildman–Crippen LogP) is 0.670. The summed E-state index contributed by atoms with van der Waals surface area (Å²) in [5.41, 5.74) is 5.87. The molecular weight excluding hydrogens is 400 g/mol. The number of nitrogens with two attached hydrogens (primary N) is 1. The number of amides is 2. The van der Waals surface area contributed by atoms with E-state index in [0.29, 0.717) is 24.3 Å². The van der Waals surface area contributed by atoms with E-state index in [1.165, 1.54) is 21.4 Å². The quantitative estimate of drug-likeness (QED) is 0.579. The third kappa shape index (κ3) is 4.07. The lowest BCUT2D eigenvalue weighted by Crippen LogP contribution is -2.40. The second-order valence-corrected chi connectivity index (χ2v) is 8.67. The van der Waals surface area contributed by atoms with Crippen molar-refractivity contribution in [2.24, 2.45) is 11.7 Å². The molecule has 0 spiro atoms. The van der Waals surface area contributed by atoms with Crippen molar-refractivity contribution in [1.29, 1.82) is 0 Å². The van der Waals surface area contributed by atoms with Gasteiger partial charge in [-0.15, -0.1) is 0 Å². The predicted molar refractivity (Wildman–Crippen MR) is 114 cm³/mol. The van der Waals surface area contributed by atoms with Gasteiger partial charge < -0.3 is 21.1 Å². The first-order valence-corrected chi connectivity index (χ1v) is 10.7. The van der Waals surface area contributed by atoms with E-state index in [4.69, 9.17) is 5.73 Å². The number of nitrogens with one attached hydrogen (secondary N) is 1. The molecule has 0 radical (unpaired) electrons. The number of hydrogen-bond donors (Lipinski definition) is 3. The van der Waals surface area contributed by atoms with E-state index in [2.05, 4.69) is 10.4 Å². The fraction of sp³-hybridized carbons (Fsp3) is 0.524. The van der Waals surface area contributed by atoms with Gasteiger partial charge in [-0.3, -0.25) is 19.0 Å². The first-order chi connectivity index (χ1) is 14.8. The third-order valence-corrected chi connectivity index (χ3v) is 5.59. The zero-order chi connectivity index (χ0) is 22.3. The fourth-order valence-corrected chi connectivity index (χ4v) is 3.87. The molecule has 1 aliphatic heterocycles. The lowest BCUT2D eigenvalue weighted by Gasteiger charge is -2.19. The molecule has 2 aromatic rings. The number of rotatable bonds is 6. The summed E-state index contributed by atoms with van der Waals surface area (Å²) in [7, 11) is 0. The molecule has 4 rings (SSSR count). The normalized spacial score (nSPS) is 19.1. The van der Waals surface area contributed by atoms with Crippen LogP contribution in [0.15, 0.2) is 17.1 Å². The van der Waals surface area contributed by atoms with E-state index in [-0.39, 0.29) is 29.6 Å². The van der Waals surface area contributed by atoms with Crippen LogP contribution in [0.25, 0.3) is 11.7 Å². The molecule has 4 N–H and O–H groups in total. The maximum atomic E-state index is 13.2. The monoisotopic (exact) mass is 428 g/mol. The molecule has 2 fully saturated rings. The number of hydrogen-bond acceptors (Lipinski definition) is 6. The van der Waals surface area contributed by atoms with Crippen LogP contribution in [0.1, 0.15) is 55.5 Å². The van der Waals surface area contributed by atoms with Gasteiger partial charge in [0.2, 0.25) is 11.8 Å².